The minimum atomic E-state index is -0.994. The molecule has 2 heterocycles. The van der Waals surface area contributed by atoms with Crippen LogP contribution in [0.4, 0.5) is 10.5 Å². The number of aromatic nitrogens is 5. The van der Waals surface area contributed by atoms with Crippen LogP contribution in [-0.4, -0.2) is 48.6 Å². The molecule has 3 aromatic carbocycles. The number of nitrogens with one attached hydrogen (secondary N) is 1. The van der Waals surface area contributed by atoms with Gasteiger partial charge in [-0.05, 0) is 58.5 Å². The maximum absolute atomic E-state index is 12.1. The van der Waals surface area contributed by atoms with Crippen LogP contribution in [0, 0.1) is 0 Å². The largest absolute Gasteiger partial charge is 0.478 e. The molecule has 39 heavy (non-hydrogen) atoms. The van der Waals surface area contributed by atoms with Crippen molar-refractivity contribution in [1.29, 1.82) is 0 Å². The standard InChI is InChI=1S/C29H28N6O4/c1-2-3-15-39-29(38)30-24-12-11-21-13-14-34(26(21)17-24)18-20-7-6-9-22(16-20)27-31-33-35(32-27)19-23-8-4-5-10-25(23)28(36)37/h4-14,16-17H,2-3,15,18-19H2,1H3,(H,30,38)(H,36,37). The first-order valence-electron chi connectivity index (χ1n) is 12.7. The summed E-state index contributed by atoms with van der Waals surface area (Å²) in [5.41, 5.74) is 4.30. The molecule has 5 aromatic rings. The topological polar surface area (TPSA) is 124 Å². The van der Waals surface area contributed by atoms with Gasteiger partial charge in [0, 0.05) is 24.0 Å². The Morgan fingerprint density at radius 3 is 2.72 bits per heavy atom. The number of hydrogen-bond acceptors (Lipinski definition) is 6. The fourth-order valence-corrected chi connectivity index (χ4v) is 4.31. The number of rotatable bonds is 10. The number of carbonyl (C=O) groups excluding carboxylic acids is 1. The molecule has 10 nitrogen and oxygen atoms in total. The first-order chi connectivity index (χ1) is 19.0. The van der Waals surface area contributed by atoms with E-state index in [2.05, 4.69) is 25.3 Å². The molecule has 0 saturated heterocycles. The molecule has 0 fully saturated rings. The lowest BCUT2D eigenvalue weighted by molar-refractivity contribution is 0.0695. The Kier molecular flexibility index (Phi) is 7.63. The summed E-state index contributed by atoms with van der Waals surface area (Å²) in [7, 11) is 0. The highest BCUT2D eigenvalue weighted by Gasteiger charge is 2.13. The van der Waals surface area contributed by atoms with E-state index in [-0.39, 0.29) is 12.1 Å². The Hall–Kier alpha value is -4.99. The summed E-state index contributed by atoms with van der Waals surface area (Å²) in [5, 5.41) is 26.1. The van der Waals surface area contributed by atoms with Crippen molar-refractivity contribution in [3.8, 4) is 11.4 Å². The van der Waals surface area contributed by atoms with Gasteiger partial charge in [-0.1, -0.05) is 55.8 Å². The zero-order chi connectivity index (χ0) is 27.2. The van der Waals surface area contributed by atoms with E-state index in [1.54, 1.807) is 24.3 Å². The summed E-state index contributed by atoms with van der Waals surface area (Å²) >= 11 is 0. The van der Waals surface area contributed by atoms with Crippen molar-refractivity contribution in [1.82, 2.24) is 24.8 Å². The predicted molar refractivity (Wildman–Crippen MR) is 147 cm³/mol. The van der Waals surface area contributed by atoms with Gasteiger partial charge in [-0.2, -0.15) is 4.80 Å². The minimum absolute atomic E-state index is 0.201. The van der Waals surface area contributed by atoms with E-state index in [1.165, 1.54) is 4.80 Å². The van der Waals surface area contributed by atoms with Gasteiger partial charge in [0.2, 0.25) is 5.82 Å². The van der Waals surface area contributed by atoms with Gasteiger partial charge >= 0.3 is 12.1 Å². The molecule has 0 aliphatic heterocycles. The van der Waals surface area contributed by atoms with Crippen molar-refractivity contribution in [2.24, 2.45) is 0 Å². The minimum Gasteiger partial charge on any atom is -0.478 e. The van der Waals surface area contributed by atoms with Gasteiger partial charge < -0.3 is 14.4 Å². The fourth-order valence-electron chi connectivity index (χ4n) is 4.31. The summed E-state index contributed by atoms with van der Waals surface area (Å²) in [6.07, 6.45) is 3.35. The monoisotopic (exact) mass is 524 g/mol. The molecule has 0 saturated carbocycles. The number of carboxylic acid groups (broad SMARTS) is 1. The van der Waals surface area contributed by atoms with Crippen LogP contribution >= 0.6 is 0 Å². The first-order valence-corrected chi connectivity index (χ1v) is 12.7. The molecule has 0 radical (unpaired) electrons. The Balaban J connectivity index is 1.31. The van der Waals surface area contributed by atoms with Crippen LogP contribution in [0.1, 0.15) is 41.3 Å². The Labute approximate surface area is 224 Å². The van der Waals surface area contributed by atoms with Crippen LogP contribution in [0.5, 0.6) is 0 Å². The number of ether oxygens (including phenoxy) is 1. The van der Waals surface area contributed by atoms with Gasteiger partial charge in [0.05, 0.1) is 24.2 Å². The lowest BCUT2D eigenvalue weighted by Gasteiger charge is -2.10. The number of unbranched alkanes of at least 4 members (excludes halogenated alkanes) is 1. The number of nitrogens with zero attached hydrogens (tertiary/aromatic N) is 5. The zero-order valence-electron chi connectivity index (χ0n) is 21.4. The van der Waals surface area contributed by atoms with Gasteiger partial charge in [-0.15, -0.1) is 10.2 Å². The van der Waals surface area contributed by atoms with E-state index in [4.69, 9.17) is 4.74 Å². The molecule has 2 aromatic heterocycles. The maximum Gasteiger partial charge on any atom is 0.411 e. The molecule has 0 aliphatic carbocycles. The number of tetrazole rings is 1. The molecule has 0 unspecified atom stereocenters. The normalized spacial score (nSPS) is 11.0. The van der Waals surface area contributed by atoms with E-state index < -0.39 is 12.1 Å². The smallest absolute Gasteiger partial charge is 0.411 e. The Morgan fingerprint density at radius 2 is 1.87 bits per heavy atom. The highest BCUT2D eigenvalue weighted by atomic mass is 16.5. The second-order valence-corrected chi connectivity index (χ2v) is 9.14. The van der Waals surface area contributed by atoms with Gasteiger partial charge in [-0.3, -0.25) is 5.32 Å². The van der Waals surface area contributed by atoms with Crippen molar-refractivity contribution >= 4 is 28.7 Å². The van der Waals surface area contributed by atoms with Crippen molar-refractivity contribution in [3.63, 3.8) is 0 Å². The van der Waals surface area contributed by atoms with Crippen LogP contribution in [0.25, 0.3) is 22.3 Å². The third-order valence-corrected chi connectivity index (χ3v) is 6.30. The summed E-state index contributed by atoms with van der Waals surface area (Å²) in [5.74, 6) is -0.541. The first kappa shape index (κ1) is 25.7. The van der Waals surface area contributed by atoms with Crippen LogP contribution in [0.15, 0.2) is 79.0 Å². The fraction of sp³-hybridized carbons (Fsp3) is 0.207. The van der Waals surface area contributed by atoms with Gasteiger partial charge in [0.15, 0.2) is 0 Å². The van der Waals surface area contributed by atoms with E-state index in [0.29, 0.717) is 30.2 Å². The molecule has 0 aliphatic rings. The molecule has 2 N–H and O–H groups in total. The van der Waals surface area contributed by atoms with Crippen LogP contribution in [0.2, 0.25) is 0 Å². The number of carbonyl (C=O) groups is 2. The summed E-state index contributed by atoms with van der Waals surface area (Å²) in [6, 6.07) is 22.4. The van der Waals surface area contributed by atoms with Gasteiger partial charge in [-0.25, -0.2) is 9.59 Å². The lowest BCUT2D eigenvalue weighted by Crippen LogP contribution is -2.14. The molecule has 0 bridgehead atoms. The number of anilines is 1. The summed E-state index contributed by atoms with van der Waals surface area (Å²) < 4.78 is 7.32. The number of fused-ring (bicyclic) bond motifs is 1. The molecule has 1 amide bonds. The second kappa shape index (κ2) is 11.6. The van der Waals surface area contributed by atoms with E-state index in [1.807, 2.05) is 61.7 Å². The lowest BCUT2D eigenvalue weighted by atomic mass is 10.1. The van der Waals surface area contributed by atoms with E-state index in [0.717, 1.165) is 34.9 Å². The number of aromatic carboxylic acids is 1. The number of hydrogen-bond donors (Lipinski definition) is 2. The van der Waals surface area contributed by atoms with Crippen LogP contribution < -0.4 is 5.32 Å². The average molecular weight is 525 g/mol. The molecular weight excluding hydrogens is 496 g/mol. The third-order valence-electron chi connectivity index (χ3n) is 6.30. The number of carboxylic acids is 1. The maximum atomic E-state index is 12.1. The quantitative estimate of drug-likeness (QED) is 0.233. The Bertz CT molecular complexity index is 1620. The van der Waals surface area contributed by atoms with Crippen molar-refractivity contribution in [3.05, 3.63) is 95.7 Å². The number of benzene rings is 3. The molecule has 5 rings (SSSR count). The van der Waals surface area contributed by atoms with Crippen LogP contribution in [-0.2, 0) is 17.8 Å². The molecule has 10 heteroatoms. The van der Waals surface area contributed by atoms with Gasteiger partial charge in [0.1, 0.15) is 0 Å². The number of amides is 1. The van der Waals surface area contributed by atoms with Gasteiger partial charge in [0.25, 0.3) is 0 Å². The van der Waals surface area contributed by atoms with E-state index >= 15 is 0 Å². The SMILES string of the molecule is CCCCOC(=O)Nc1ccc2ccn(Cc3cccc(-c4nnn(Cc5ccccc5C(=O)O)n4)c3)c2c1. The molecule has 0 atom stereocenters. The summed E-state index contributed by atoms with van der Waals surface area (Å²) in [6.45, 7) is 3.24. The zero-order valence-corrected chi connectivity index (χ0v) is 21.4. The average Bonchev–Trinajstić information content (AvgIpc) is 3.56. The highest BCUT2D eigenvalue weighted by Crippen LogP contribution is 2.23. The van der Waals surface area contributed by atoms with Crippen molar-refractivity contribution in [2.75, 3.05) is 11.9 Å². The van der Waals surface area contributed by atoms with Crippen LogP contribution in [0.3, 0.4) is 0 Å². The molecule has 0 spiro atoms. The molecule has 198 valence electrons. The van der Waals surface area contributed by atoms with E-state index in [9.17, 15) is 14.7 Å². The highest BCUT2D eigenvalue weighted by molar-refractivity contribution is 5.90. The van der Waals surface area contributed by atoms with Crippen molar-refractivity contribution < 1.29 is 19.4 Å². The second-order valence-electron chi connectivity index (χ2n) is 9.14. The predicted octanol–water partition coefficient (Wildman–Crippen LogP) is 5.44. The van der Waals surface area contributed by atoms with Crippen molar-refractivity contribution in [2.45, 2.75) is 32.9 Å². The molecular formula is C29H28N6O4. The summed E-state index contributed by atoms with van der Waals surface area (Å²) in [4.78, 5) is 25.0. The third kappa shape index (κ3) is 6.12. The Morgan fingerprint density at radius 1 is 1.00 bits per heavy atom.